The smallest absolute Gasteiger partial charge is 0.128 e. The van der Waals surface area contributed by atoms with Crippen molar-refractivity contribution in [2.75, 3.05) is 0 Å². The van der Waals surface area contributed by atoms with Crippen molar-refractivity contribution in [3.63, 3.8) is 0 Å². The van der Waals surface area contributed by atoms with Crippen LogP contribution < -0.4 is 0 Å². The van der Waals surface area contributed by atoms with Gasteiger partial charge in [0.05, 0.1) is 10.6 Å². The van der Waals surface area contributed by atoms with Crippen LogP contribution in [0.25, 0.3) is 0 Å². The molecule has 3 rings (SSSR count). The molecule has 1 atom stereocenters. The Morgan fingerprint density at radius 1 is 1.29 bits per heavy atom. The van der Waals surface area contributed by atoms with Gasteiger partial charge >= 0.3 is 0 Å². The van der Waals surface area contributed by atoms with Crippen LogP contribution >= 0.6 is 11.6 Å². The Morgan fingerprint density at radius 2 is 1.94 bits per heavy atom. The van der Waals surface area contributed by atoms with E-state index >= 15 is 0 Å². The maximum Gasteiger partial charge on any atom is 0.128 e. The number of rotatable bonds is 2. The lowest BCUT2D eigenvalue weighted by Gasteiger charge is -2.29. The highest BCUT2D eigenvalue weighted by Crippen LogP contribution is 2.50. The first-order valence-electron chi connectivity index (χ1n) is 5.98. The summed E-state index contributed by atoms with van der Waals surface area (Å²) in [5, 5.41) is 2.81. The minimum atomic E-state index is 0.0600. The molecule has 17 heavy (non-hydrogen) atoms. The summed E-state index contributed by atoms with van der Waals surface area (Å²) in [5.41, 5.74) is 2.61. The van der Waals surface area contributed by atoms with Gasteiger partial charge in [0.1, 0.15) is 12.3 Å². The second-order valence-corrected chi connectivity index (χ2v) is 5.68. The molecule has 2 aliphatic rings. The first-order chi connectivity index (χ1) is 8.10. The average molecular weight is 250 g/mol. The first-order valence-corrected chi connectivity index (χ1v) is 6.36. The van der Waals surface area contributed by atoms with Gasteiger partial charge in [-0.15, -0.1) is 5.06 Å². The number of nitrogens with zero attached hydrogens (tertiary/aromatic N) is 1. The molecule has 1 fully saturated rings. The quantitative estimate of drug-likeness (QED) is 0.788. The highest BCUT2D eigenvalue weighted by atomic mass is 35.5. The molecule has 0 radical (unpaired) electrons. The molecule has 1 aromatic carbocycles. The summed E-state index contributed by atoms with van der Waals surface area (Å²) < 4.78 is 0. The molecule has 0 N–H and O–H groups in total. The SMILES string of the molecule is Cc1ccc(C2C(Cl)=CON2C2(C)CC2)cc1. The van der Waals surface area contributed by atoms with Crippen molar-refractivity contribution in [2.24, 2.45) is 0 Å². The molecular formula is C14H16ClNO. The summed E-state index contributed by atoms with van der Waals surface area (Å²) >= 11 is 6.28. The van der Waals surface area contributed by atoms with Crippen molar-refractivity contribution in [2.45, 2.75) is 38.3 Å². The predicted molar refractivity (Wildman–Crippen MR) is 68.4 cm³/mol. The van der Waals surface area contributed by atoms with E-state index in [0.29, 0.717) is 0 Å². The molecular weight excluding hydrogens is 234 g/mol. The van der Waals surface area contributed by atoms with Gasteiger partial charge in [0.2, 0.25) is 0 Å². The Labute approximate surface area is 107 Å². The van der Waals surface area contributed by atoms with Gasteiger partial charge in [0.15, 0.2) is 0 Å². The standard InChI is InChI=1S/C14H16ClNO/c1-10-3-5-11(6-4-10)13-12(15)9-17-16(13)14(2)7-8-14/h3-6,9,13H,7-8H2,1-2H3. The van der Waals surface area contributed by atoms with E-state index in [1.54, 1.807) is 6.26 Å². The number of halogens is 1. The van der Waals surface area contributed by atoms with Crippen LogP contribution in [0.15, 0.2) is 35.6 Å². The Balaban J connectivity index is 1.93. The van der Waals surface area contributed by atoms with Crippen molar-refractivity contribution in [1.82, 2.24) is 5.06 Å². The molecule has 1 unspecified atom stereocenters. The Hall–Kier alpha value is -0.990. The molecule has 0 bridgehead atoms. The summed E-state index contributed by atoms with van der Waals surface area (Å²) in [7, 11) is 0. The van der Waals surface area contributed by atoms with E-state index in [9.17, 15) is 0 Å². The fourth-order valence-electron chi connectivity index (χ4n) is 2.23. The fraction of sp³-hybridized carbons (Fsp3) is 0.429. The third-order valence-corrected chi connectivity index (χ3v) is 3.97. The number of hydrogen-bond donors (Lipinski definition) is 0. The lowest BCUT2D eigenvalue weighted by molar-refractivity contribution is -0.145. The molecule has 0 spiro atoms. The van der Waals surface area contributed by atoms with Crippen LogP contribution in [0.5, 0.6) is 0 Å². The minimum absolute atomic E-state index is 0.0600. The zero-order valence-electron chi connectivity index (χ0n) is 10.1. The van der Waals surface area contributed by atoms with E-state index in [2.05, 4.69) is 38.1 Å². The van der Waals surface area contributed by atoms with Crippen LogP contribution in [0.4, 0.5) is 0 Å². The highest BCUT2D eigenvalue weighted by molar-refractivity contribution is 6.30. The Bertz CT molecular complexity index is 462. The van der Waals surface area contributed by atoms with Gasteiger partial charge in [-0.1, -0.05) is 41.4 Å². The van der Waals surface area contributed by atoms with Crippen LogP contribution in [-0.2, 0) is 4.84 Å². The van der Waals surface area contributed by atoms with Crippen LogP contribution in [0, 0.1) is 6.92 Å². The van der Waals surface area contributed by atoms with Gasteiger partial charge in [-0.3, -0.25) is 0 Å². The molecule has 90 valence electrons. The van der Waals surface area contributed by atoms with Crippen LogP contribution in [0.3, 0.4) is 0 Å². The number of aryl methyl sites for hydroxylation is 1. The van der Waals surface area contributed by atoms with Crippen molar-refractivity contribution in [3.8, 4) is 0 Å². The molecule has 3 heteroatoms. The van der Waals surface area contributed by atoms with E-state index < -0.39 is 0 Å². The zero-order valence-corrected chi connectivity index (χ0v) is 10.9. The summed E-state index contributed by atoms with van der Waals surface area (Å²) in [5.74, 6) is 0. The lowest BCUT2D eigenvalue weighted by Crippen LogP contribution is -2.34. The summed E-state index contributed by atoms with van der Waals surface area (Å²) in [4.78, 5) is 5.63. The molecule has 1 saturated carbocycles. The van der Waals surface area contributed by atoms with Gasteiger partial charge in [-0.05, 0) is 32.3 Å². The molecule has 1 heterocycles. The number of benzene rings is 1. The largest absolute Gasteiger partial charge is 0.411 e. The summed E-state index contributed by atoms with van der Waals surface area (Å²) in [6.45, 7) is 4.31. The first kappa shape index (κ1) is 11.1. The topological polar surface area (TPSA) is 12.5 Å². The highest BCUT2D eigenvalue weighted by Gasteiger charge is 2.51. The van der Waals surface area contributed by atoms with Crippen molar-refractivity contribution in [1.29, 1.82) is 0 Å². The normalized spacial score (nSPS) is 26.5. The average Bonchev–Trinajstić information content (AvgIpc) is 2.92. The second-order valence-electron chi connectivity index (χ2n) is 5.24. The molecule has 0 aromatic heterocycles. The van der Waals surface area contributed by atoms with Crippen molar-refractivity contribution >= 4 is 11.6 Å². The van der Waals surface area contributed by atoms with E-state index in [1.165, 1.54) is 24.0 Å². The van der Waals surface area contributed by atoms with E-state index in [1.807, 2.05) is 5.06 Å². The molecule has 1 aromatic rings. The zero-order chi connectivity index (χ0) is 12.0. The number of hydroxylamine groups is 2. The minimum Gasteiger partial charge on any atom is -0.411 e. The molecule has 0 amide bonds. The third kappa shape index (κ3) is 1.85. The van der Waals surface area contributed by atoms with Gasteiger partial charge < -0.3 is 4.84 Å². The van der Waals surface area contributed by atoms with E-state index in [0.717, 1.165) is 5.03 Å². The van der Waals surface area contributed by atoms with Crippen LogP contribution in [0.1, 0.15) is 36.9 Å². The van der Waals surface area contributed by atoms with Crippen LogP contribution in [0.2, 0.25) is 0 Å². The van der Waals surface area contributed by atoms with Crippen LogP contribution in [-0.4, -0.2) is 10.6 Å². The van der Waals surface area contributed by atoms with E-state index in [4.69, 9.17) is 16.4 Å². The molecule has 1 aliphatic heterocycles. The Morgan fingerprint density at radius 3 is 2.53 bits per heavy atom. The third-order valence-electron chi connectivity index (χ3n) is 3.67. The van der Waals surface area contributed by atoms with Gasteiger partial charge in [0, 0.05) is 0 Å². The maximum absolute atomic E-state index is 6.28. The second kappa shape index (κ2) is 3.76. The monoisotopic (exact) mass is 249 g/mol. The summed E-state index contributed by atoms with van der Waals surface area (Å²) in [6, 6.07) is 8.55. The van der Waals surface area contributed by atoms with Gasteiger partial charge in [-0.25, -0.2) is 0 Å². The summed E-state index contributed by atoms with van der Waals surface area (Å²) in [6.07, 6.45) is 4.01. The van der Waals surface area contributed by atoms with Gasteiger partial charge in [0.25, 0.3) is 0 Å². The lowest BCUT2D eigenvalue weighted by atomic mass is 10.0. The molecule has 1 aliphatic carbocycles. The predicted octanol–water partition coefficient (Wildman–Crippen LogP) is 3.92. The Kier molecular flexibility index (Phi) is 2.46. The molecule has 2 nitrogen and oxygen atoms in total. The molecule has 0 saturated heterocycles. The van der Waals surface area contributed by atoms with Crippen molar-refractivity contribution < 1.29 is 4.84 Å². The maximum atomic E-state index is 6.28. The van der Waals surface area contributed by atoms with E-state index in [-0.39, 0.29) is 11.6 Å². The van der Waals surface area contributed by atoms with Gasteiger partial charge in [-0.2, -0.15) is 0 Å². The fourth-order valence-corrected chi connectivity index (χ4v) is 2.48. The van der Waals surface area contributed by atoms with Crippen molar-refractivity contribution in [3.05, 3.63) is 46.7 Å². The number of hydrogen-bond acceptors (Lipinski definition) is 2.